The molecule has 0 aromatic rings. The molecule has 0 atom stereocenters. The predicted octanol–water partition coefficient (Wildman–Crippen LogP) is -2.74. The molecule has 0 aromatic carbocycles. The van der Waals surface area contributed by atoms with Gasteiger partial charge in [0.2, 0.25) is 10.4 Å². The largest absolute Gasteiger partial charge is 0.726 e. The predicted molar refractivity (Wildman–Crippen MR) is 36.5 cm³/mol. The zero-order valence-corrected chi connectivity index (χ0v) is 7.30. The molecule has 0 spiro atoms. The normalized spacial score (nSPS) is 10.2. The number of aliphatic hydroxyl groups excluding tert-OH is 1. The maximum atomic E-state index is 9.50. The lowest BCUT2D eigenvalue weighted by Gasteiger charge is -2.03. The molecule has 0 radical (unpaired) electrons. The van der Waals surface area contributed by atoms with Crippen LogP contribution in [-0.2, 0) is 14.6 Å². The lowest BCUT2D eigenvalue weighted by atomic mass is 10.8. The van der Waals surface area contributed by atoms with Gasteiger partial charge in [-0.1, -0.05) is 0 Å². The lowest BCUT2D eigenvalue weighted by Crippen LogP contribution is -2.74. The molecule has 6 nitrogen and oxygen atoms in total. The summed E-state index contributed by atoms with van der Waals surface area (Å²) in [6.45, 7) is -0.937. The van der Waals surface area contributed by atoms with E-state index >= 15 is 0 Å². The molecule has 0 bridgehead atoms. The van der Waals surface area contributed by atoms with E-state index in [9.17, 15) is 13.0 Å². The van der Waals surface area contributed by atoms with E-state index < -0.39 is 23.6 Å². The SMILES string of the molecule is C[NH2+]C.O=S(=O)([O-])OCCO. The highest BCUT2D eigenvalue weighted by Gasteiger charge is 1.89. The van der Waals surface area contributed by atoms with Crippen LogP contribution in [0.25, 0.3) is 0 Å². The van der Waals surface area contributed by atoms with E-state index in [0.717, 1.165) is 0 Å². The number of hydrogen-bond donors (Lipinski definition) is 2. The molecule has 70 valence electrons. The minimum absolute atomic E-state index is 0.466. The van der Waals surface area contributed by atoms with Crippen molar-refractivity contribution in [1.82, 2.24) is 0 Å². The zero-order chi connectivity index (χ0) is 9.33. The van der Waals surface area contributed by atoms with Gasteiger partial charge in [0.1, 0.15) is 0 Å². The van der Waals surface area contributed by atoms with Crippen molar-refractivity contribution in [3.05, 3.63) is 0 Å². The summed E-state index contributed by atoms with van der Waals surface area (Å²) in [5, 5.41) is 9.90. The van der Waals surface area contributed by atoms with Gasteiger partial charge in [-0.15, -0.1) is 0 Å². The highest BCUT2D eigenvalue weighted by molar-refractivity contribution is 7.80. The van der Waals surface area contributed by atoms with E-state index in [1.165, 1.54) is 0 Å². The van der Waals surface area contributed by atoms with Crippen LogP contribution in [-0.4, -0.2) is 45.4 Å². The zero-order valence-electron chi connectivity index (χ0n) is 6.48. The Hall–Kier alpha value is -0.210. The van der Waals surface area contributed by atoms with Crippen LogP contribution in [0.15, 0.2) is 0 Å². The van der Waals surface area contributed by atoms with Crippen LogP contribution >= 0.6 is 0 Å². The number of hydrogen-bond acceptors (Lipinski definition) is 5. The average Bonchev–Trinajstić information content (AvgIpc) is 1.84. The molecule has 0 fully saturated rings. The van der Waals surface area contributed by atoms with Gasteiger partial charge < -0.3 is 15.0 Å². The Labute approximate surface area is 66.1 Å². The summed E-state index contributed by atoms with van der Waals surface area (Å²) in [5.74, 6) is 0. The van der Waals surface area contributed by atoms with E-state index in [2.05, 4.69) is 4.18 Å². The molecule has 0 saturated heterocycles. The fourth-order valence-corrected chi connectivity index (χ4v) is 0.418. The second-order valence-electron chi connectivity index (χ2n) is 1.53. The number of nitrogens with two attached hydrogens (primary N) is 1. The Morgan fingerprint density at radius 3 is 2.00 bits per heavy atom. The monoisotopic (exact) mass is 187 g/mol. The second-order valence-corrected chi connectivity index (χ2v) is 2.58. The van der Waals surface area contributed by atoms with Gasteiger partial charge in [0, 0.05) is 0 Å². The summed E-state index contributed by atoms with van der Waals surface area (Å²) in [4.78, 5) is 0. The van der Waals surface area contributed by atoms with Gasteiger partial charge >= 0.3 is 0 Å². The fourth-order valence-electron chi connectivity index (χ4n) is 0.139. The molecule has 0 aliphatic rings. The molecule has 0 saturated carbocycles. The standard InChI is InChI=1S/C2H7N.C2H6O5S/c1-3-2;3-1-2-7-8(4,5)6/h3H,1-2H3;3H,1-2H2,(H,4,5,6). The van der Waals surface area contributed by atoms with E-state index in [1.807, 2.05) is 19.4 Å². The first kappa shape index (κ1) is 13.4. The summed E-state index contributed by atoms with van der Waals surface area (Å²) >= 11 is 0. The molecule has 0 rings (SSSR count). The van der Waals surface area contributed by atoms with Gasteiger partial charge in [0.05, 0.1) is 27.3 Å². The van der Waals surface area contributed by atoms with E-state index in [0.29, 0.717) is 0 Å². The molecule has 0 unspecified atom stereocenters. The Morgan fingerprint density at radius 2 is 1.91 bits per heavy atom. The molecule has 3 N–H and O–H groups in total. The Balaban J connectivity index is 0. The molecule has 0 amide bonds. The van der Waals surface area contributed by atoms with E-state index in [1.54, 1.807) is 0 Å². The van der Waals surface area contributed by atoms with Crippen molar-refractivity contribution >= 4 is 10.4 Å². The van der Waals surface area contributed by atoms with Crippen molar-refractivity contribution in [1.29, 1.82) is 0 Å². The van der Waals surface area contributed by atoms with Gasteiger partial charge in [0.15, 0.2) is 0 Å². The van der Waals surface area contributed by atoms with Crippen molar-refractivity contribution in [2.24, 2.45) is 0 Å². The highest BCUT2D eigenvalue weighted by atomic mass is 32.3. The maximum Gasteiger partial charge on any atom is 0.217 e. The Morgan fingerprint density at radius 1 is 1.55 bits per heavy atom. The fraction of sp³-hybridized carbons (Fsp3) is 1.00. The molecule has 11 heavy (non-hydrogen) atoms. The van der Waals surface area contributed by atoms with E-state index in [4.69, 9.17) is 5.11 Å². The topological polar surface area (TPSA) is 103 Å². The quantitative estimate of drug-likeness (QED) is 0.368. The first-order valence-electron chi connectivity index (χ1n) is 2.93. The Bertz CT molecular complexity index is 154. The van der Waals surface area contributed by atoms with Crippen molar-refractivity contribution in [2.75, 3.05) is 27.3 Å². The molecule has 0 aromatic heterocycles. The van der Waals surface area contributed by atoms with Crippen molar-refractivity contribution < 1.29 is 27.6 Å². The smallest absolute Gasteiger partial charge is 0.217 e. The second kappa shape index (κ2) is 7.89. The molecule has 7 heteroatoms. The number of quaternary nitrogens is 1. The van der Waals surface area contributed by atoms with Crippen LogP contribution in [0.1, 0.15) is 0 Å². The van der Waals surface area contributed by atoms with Crippen LogP contribution in [0, 0.1) is 0 Å². The molecular weight excluding hydrogens is 174 g/mol. The molecule has 0 aliphatic heterocycles. The summed E-state index contributed by atoms with van der Waals surface area (Å²) < 4.78 is 32.0. The van der Waals surface area contributed by atoms with E-state index in [-0.39, 0.29) is 0 Å². The van der Waals surface area contributed by atoms with Gasteiger partial charge in [-0.25, -0.2) is 8.42 Å². The van der Waals surface area contributed by atoms with Crippen molar-refractivity contribution in [2.45, 2.75) is 0 Å². The first-order valence-corrected chi connectivity index (χ1v) is 4.26. The minimum atomic E-state index is -4.60. The van der Waals surface area contributed by atoms with Crippen LogP contribution in [0.2, 0.25) is 0 Å². The molecular formula is C4H13NO5S. The van der Waals surface area contributed by atoms with Crippen LogP contribution in [0.3, 0.4) is 0 Å². The van der Waals surface area contributed by atoms with Gasteiger partial charge in [-0.2, -0.15) is 0 Å². The van der Waals surface area contributed by atoms with Crippen molar-refractivity contribution in [3.63, 3.8) is 0 Å². The van der Waals surface area contributed by atoms with Crippen LogP contribution in [0.5, 0.6) is 0 Å². The third kappa shape index (κ3) is 25.9. The molecule has 0 heterocycles. The van der Waals surface area contributed by atoms with Gasteiger partial charge in [0.25, 0.3) is 0 Å². The minimum Gasteiger partial charge on any atom is -0.726 e. The van der Waals surface area contributed by atoms with Crippen LogP contribution in [0.4, 0.5) is 0 Å². The summed E-state index contributed by atoms with van der Waals surface area (Å²) in [6, 6.07) is 0. The average molecular weight is 187 g/mol. The third-order valence-corrected chi connectivity index (χ3v) is 0.774. The number of rotatable bonds is 3. The first-order chi connectivity index (χ1) is 4.97. The highest BCUT2D eigenvalue weighted by Crippen LogP contribution is 1.81. The number of aliphatic hydroxyl groups is 1. The summed E-state index contributed by atoms with van der Waals surface area (Å²) in [6.07, 6.45) is 0. The van der Waals surface area contributed by atoms with Crippen LogP contribution < -0.4 is 5.32 Å². The molecule has 0 aliphatic carbocycles. The maximum absolute atomic E-state index is 9.50. The summed E-state index contributed by atoms with van der Waals surface area (Å²) in [7, 11) is -0.596. The Kier molecular flexibility index (Phi) is 9.60. The third-order valence-electron chi connectivity index (χ3n) is 0.319. The summed E-state index contributed by atoms with van der Waals surface area (Å²) in [5.41, 5.74) is 0. The lowest BCUT2D eigenvalue weighted by molar-refractivity contribution is -0.597. The van der Waals surface area contributed by atoms with Gasteiger partial charge in [-0.05, 0) is 0 Å². The van der Waals surface area contributed by atoms with Gasteiger partial charge in [-0.3, -0.25) is 4.18 Å². The van der Waals surface area contributed by atoms with Crippen molar-refractivity contribution in [3.8, 4) is 0 Å².